The number of hydrogen-bond donors (Lipinski definition) is 3. The first-order valence-corrected chi connectivity index (χ1v) is 11.8. The van der Waals surface area contributed by atoms with E-state index in [2.05, 4.69) is 16.0 Å². The van der Waals surface area contributed by atoms with Gasteiger partial charge in [0.1, 0.15) is 17.5 Å². The highest BCUT2D eigenvalue weighted by Crippen LogP contribution is 2.26. The van der Waals surface area contributed by atoms with Crippen molar-refractivity contribution in [3.63, 3.8) is 0 Å². The zero-order valence-electron chi connectivity index (χ0n) is 20.1. The molecule has 188 valence electrons. The first-order valence-electron chi connectivity index (χ1n) is 11.4. The summed E-state index contributed by atoms with van der Waals surface area (Å²) in [5, 5.41) is 9.15. The molecule has 0 bridgehead atoms. The van der Waals surface area contributed by atoms with Crippen LogP contribution in [0.5, 0.6) is 11.5 Å². The number of piperidine rings is 1. The van der Waals surface area contributed by atoms with Crippen molar-refractivity contribution in [3.05, 3.63) is 53.1 Å². The molecule has 0 aromatic heterocycles. The number of rotatable bonds is 8. The minimum absolute atomic E-state index is 0.105. The van der Waals surface area contributed by atoms with Crippen LogP contribution in [0.3, 0.4) is 0 Å². The average Bonchev–Trinajstić information content (AvgIpc) is 2.84. The van der Waals surface area contributed by atoms with Gasteiger partial charge in [-0.1, -0.05) is 23.7 Å². The van der Waals surface area contributed by atoms with E-state index in [-0.39, 0.29) is 30.3 Å². The molecular weight excluding hydrogens is 472 g/mol. The van der Waals surface area contributed by atoms with Crippen LogP contribution in [-0.2, 0) is 16.0 Å². The largest absolute Gasteiger partial charge is 0.497 e. The standard InChI is InChI=1S/C25H31ClN4O5/c1-16(31)27-22(13-17-7-8-21(34-2)15-23(17)35-3)24(32)28-19-9-11-30(12-10-19)25(33)29-20-6-4-5-18(26)14-20/h4-8,14-15,19,22H,9-13H2,1-3H3,(H,27,31)(H,28,32)(H,29,33)/t22-/m0/s1. The van der Waals surface area contributed by atoms with E-state index in [0.717, 1.165) is 5.56 Å². The van der Waals surface area contributed by atoms with E-state index in [4.69, 9.17) is 21.1 Å². The quantitative estimate of drug-likeness (QED) is 0.513. The molecule has 2 aromatic rings. The van der Waals surface area contributed by atoms with E-state index in [1.54, 1.807) is 55.5 Å². The smallest absolute Gasteiger partial charge is 0.321 e. The van der Waals surface area contributed by atoms with Crippen LogP contribution in [-0.4, -0.2) is 62.1 Å². The zero-order chi connectivity index (χ0) is 25.4. The van der Waals surface area contributed by atoms with E-state index < -0.39 is 6.04 Å². The SMILES string of the molecule is COc1ccc(C[C@H](NC(C)=O)C(=O)NC2CCN(C(=O)Nc3cccc(Cl)c3)CC2)c(OC)c1. The van der Waals surface area contributed by atoms with Crippen LogP contribution >= 0.6 is 11.6 Å². The fraction of sp³-hybridized carbons (Fsp3) is 0.400. The highest BCUT2D eigenvalue weighted by atomic mass is 35.5. The molecule has 1 saturated heterocycles. The van der Waals surface area contributed by atoms with Gasteiger partial charge in [0.05, 0.1) is 14.2 Å². The highest BCUT2D eigenvalue weighted by Gasteiger charge is 2.28. The molecule has 0 unspecified atom stereocenters. The predicted octanol–water partition coefficient (Wildman–Crippen LogP) is 3.22. The minimum atomic E-state index is -0.765. The van der Waals surface area contributed by atoms with Crippen LogP contribution in [0.1, 0.15) is 25.3 Å². The predicted molar refractivity (Wildman–Crippen MR) is 134 cm³/mol. The molecule has 4 amide bonds. The molecule has 2 aromatic carbocycles. The van der Waals surface area contributed by atoms with E-state index >= 15 is 0 Å². The molecule has 1 heterocycles. The third kappa shape index (κ3) is 7.51. The number of carbonyl (C=O) groups is 3. The van der Waals surface area contributed by atoms with E-state index in [0.29, 0.717) is 48.1 Å². The Balaban J connectivity index is 1.57. The molecule has 3 N–H and O–H groups in total. The van der Waals surface area contributed by atoms with Crippen LogP contribution in [0.15, 0.2) is 42.5 Å². The zero-order valence-corrected chi connectivity index (χ0v) is 20.9. The summed E-state index contributed by atoms with van der Waals surface area (Å²) < 4.78 is 10.7. The fourth-order valence-corrected chi connectivity index (χ4v) is 4.18. The number of nitrogens with one attached hydrogen (secondary N) is 3. The lowest BCUT2D eigenvalue weighted by atomic mass is 10.0. The van der Waals surface area contributed by atoms with Gasteiger partial charge in [0.15, 0.2) is 0 Å². The number of ether oxygens (including phenoxy) is 2. The Morgan fingerprint density at radius 3 is 2.46 bits per heavy atom. The van der Waals surface area contributed by atoms with Crippen molar-refractivity contribution in [1.82, 2.24) is 15.5 Å². The van der Waals surface area contributed by atoms with Crippen LogP contribution < -0.4 is 25.4 Å². The number of halogens is 1. The second-order valence-electron chi connectivity index (χ2n) is 8.35. The van der Waals surface area contributed by atoms with Gasteiger partial charge in [0.25, 0.3) is 0 Å². The maximum atomic E-state index is 13.1. The van der Waals surface area contributed by atoms with E-state index in [1.807, 2.05) is 6.07 Å². The molecule has 1 fully saturated rings. The van der Waals surface area contributed by atoms with Gasteiger partial charge < -0.3 is 30.3 Å². The average molecular weight is 503 g/mol. The number of carbonyl (C=O) groups excluding carboxylic acids is 3. The number of hydrogen-bond acceptors (Lipinski definition) is 5. The monoisotopic (exact) mass is 502 g/mol. The Morgan fingerprint density at radius 1 is 1.09 bits per heavy atom. The normalized spacial score (nSPS) is 14.6. The molecule has 0 spiro atoms. The second-order valence-corrected chi connectivity index (χ2v) is 8.78. The molecule has 0 radical (unpaired) electrons. The van der Waals surface area contributed by atoms with Gasteiger partial charge in [-0.2, -0.15) is 0 Å². The summed E-state index contributed by atoms with van der Waals surface area (Å²) in [7, 11) is 3.11. The number of urea groups is 1. The maximum Gasteiger partial charge on any atom is 0.321 e. The topological polar surface area (TPSA) is 109 Å². The number of benzene rings is 2. The van der Waals surface area contributed by atoms with Gasteiger partial charge in [-0.25, -0.2) is 4.79 Å². The summed E-state index contributed by atoms with van der Waals surface area (Å²) in [6, 6.07) is 11.2. The van der Waals surface area contributed by atoms with Crippen molar-refractivity contribution in [3.8, 4) is 11.5 Å². The lowest BCUT2D eigenvalue weighted by Gasteiger charge is -2.33. The fourth-order valence-electron chi connectivity index (χ4n) is 3.99. The summed E-state index contributed by atoms with van der Waals surface area (Å²) in [4.78, 5) is 39.1. The number of likely N-dealkylation sites (tertiary alicyclic amines) is 1. The van der Waals surface area contributed by atoms with Gasteiger partial charge in [-0.3, -0.25) is 9.59 Å². The molecule has 1 aliphatic heterocycles. The Labute approximate surface area is 210 Å². The Bertz CT molecular complexity index is 1060. The Kier molecular flexibility index (Phi) is 9.19. The van der Waals surface area contributed by atoms with Crippen molar-refractivity contribution in [2.45, 2.75) is 38.3 Å². The van der Waals surface area contributed by atoms with Gasteiger partial charge in [-0.15, -0.1) is 0 Å². The van der Waals surface area contributed by atoms with Crippen molar-refractivity contribution in [1.29, 1.82) is 0 Å². The molecule has 35 heavy (non-hydrogen) atoms. The minimum Gasteiger partial charge on any atom is -0.497 e. The Hall–Kier alpha value is -3.46. The summed E-state index contributed by atoms with van der Waals surface area (Å²) in [5.74, 6) is 0.633. The first-order chi connectivity index (χ1) is 16.8. The van der Waals surface area contributed by atoms with Gasteiger partial charge in [0, 0.05) is 49.3 Å². The van der Waals surface area contributed by atoms with Crippen LogP contribution in [0.4, 0.5) is 10.5 Å². The van der Waals surface area contributed by atoms with Crippen molar-refractivity contribution < 1.29 is 23.9 Å². The van der Waals surface area contributed by atoms with Gasteiger partial charge >= 0.3 is 6.03 Å². The lowest BCUT2D eigenvalue weighted by Crippen LogP contribution is -2.53. The van der Waals surface area contributed by atoms with Gasteiger partial charge in [0.2, 0.25) is 11.8 Å². The summed E-state index contributed by atoms with van der Waals surface area (Å²) in [6.07, 6.45) is 1.47. The van der Waals surface area contributed by atoms with Crippen molar-refractivity contribution in [2.75, 3.05) is 32.6 Å². The van der Waals surface area contributed by atoms with E-state index in [9.17, 15) is 14.4 Å². The lowest BCUT2D eigenvalue weighted by molar-refractivity contribution is -0.128. The van der Waals surface area contributed by atoms with E-state index in [1.165, 1.54) is 6.92 Å². The highest BCUT2D eigenvalue weighted by molar-refractivity contribution is 6.30. The molecule has 3 rings (SSSR count). The molecule has 1 atom stereocenters. The third-order valence-electron chi connectivity index (χ3n) is 5.82. The first kappa shape index (κ1) is 26.2. The third-order valence-corrected chi connectivity index (χ3v) is 6.05. The molecule has 9 nitrogen and oxygen atoms in total. The Morgan fingerprint density at radius 2 is 1.83 bits per heavy atom. The second kappa shape index (κ2) is 12.3. The molecule has 1 aliphatic rings. The summed E-state index contributed by atoms with van der Waals surface area (Å²) in [5.41, 5.74) is 1.40. The molecule has 10 heteroatoms. The number of nitrogens with zero attached hydrogens (tertiary/aromatic N) is 1. The molecule has 0 aliphatic carbocycles. The maximum absolute atomic E-state index is 13.1. The van der Waals surface area contributed by atoms with Crippen LogP contribution in [0.2, 0.25) is 5.02 Å². The summed E-state index contributed by atoms with van der Waals surface area (Å²) >= 11 is 5.98. The molecule has 0 saturated carbocycles. The molecular formula is C25H31ClN4O5. The van der Waals surface area contributed by atoms with Crippen molar-refractivity contribution in [2.24, 2.45) is 0 Å². The van der Waals surface area contributed by atoms with Crippen molar-refractivity contribution >= 4 is 35.1 Å². The number of methoxy groups -OCH3 is 2. The number of amides is 4. The van der Waals surface area contributed by atoms with Crippen LogP contribution in [0.25, 0.3) is 0 Å². The number of anilines is 1. The van der Waals surface area contributed by atoms with Gasteiger partial charge in [-0.05, 0) is 42.7 Å². The summed E-state index contributed by atoms with van der Waals surface area (Å²) in [6.45, 7) is 2.37. The van der Waals surface area contributed by atoms with Crippen LogP contribution in [0, 0.1) is 0 Å².